The summed E-state index contributed by atoms with van der Waals surface area (Å²) in [5, 5.41) is 3.53. The van der Waals surface area contributed by atoms with E-state index in [-0.39, 0.29) is 0 Å². The SMILES string of the molecule is Cc1cnccc1N(CC1CCCNC1)C1CC1. The van der Waals surface area contributed by atoms with Gasteiger partial charge < -0.3 is 10.2 Å². The Hall–Kier alpha value is -1.09. The van der Waals surface area contributed by atoms with Crippen molar-refractivity contribution in [3.63, 3.8) is 0 Å². The van der Waals surface area contributed by atoms with Gasteiger partial charge in [0.05, 0.1) is 0 Å². The Balaban J connectivity index is 1.73. The number of nitrogens with one attached hydrogen (secondary N) is 1. The molecule has 18 heavy (non-hydrogen) atoms. The molecule has 1 aliphatic heterocycles. The first-order chi connectivity index (χ1) is 8.84. The average Bonchev–Trinajstić information content (AvgIpc) is 3.23. The van der Waals surface area contributed by atoms with E-state index in [4.69, 9.17) is 0 Å². The van der Waals surface area contributed by atoms with Crippen molar-refractivity contribution in [1.29, 1.82) is 0 Å². The molecule has 3 rings (SSSR count). The second-order valence-electron chi connectivity index (χ2n) is 5.76. The molecule has 1 N–H and O–H groups in total. The second-order valence-corrected chi connectivity index (χ2v) is 5.76. The van der Waals surface area contributed by atoms with Crippen LogP contribution in [0, 0.1) is 12.8 Å². The quantitative estimate of drug-likeness (QED) is 0.882. The summed E-state index contributed by atoms with van der Waals surface area (Å²) in [5.41, 5.74) is 2.71. The highest BCUT2D eigenvalue weighted by atomic mass is 15.2. The van der Waals surface area contributed by atoms with Crippen molar-refractivity contribution in [2.24, 2.45) is 5.92 Å². The van der Waals surface area contributed by atoms with Crippen LogP contribution >= 0.6 is 0 Å². The molecule has 2 heterocycles. The van der Waals surface area contributed by atoms with Crippen LogP contribution in [0.15, 0.2) is 18.5 Å². The summed E-state index contributed by atoms with van der Waals surface area (Å²) in [6.45, 7) is 5.78. The Morgan fingerprint density at radius 2 is 2.28 bits per heavy atom. The molecule has 1 saturated carbocycles. The zero-order chi connectivity index (χ0) is 12.4. The van der Waals surface area contributed by atoms with Crippen molar-refractivity contribution < 1.29 is 0 Å². The maximum absolute atomic E-state index is 4.21. The third-order valence-corrected chi connectivity index (χ3v) is 4.14. The van der Waals surface area contributed by atoms with Crippen LogP contribution in [-0.2, 0) is 0 Å². The molecule has 1 atom stereocenters. The first kappa shape index (κ1) is 12.0. The predicted molar refractivity (Wildman–Crippen MR) is 74.9 cm³/mol. The highest BCUT2D eigenvalue weighted by molar-refractivity contribution is 5.53. The first-order valence-electron chi connectivity index (χ1n) is 7.22. The Labute approximate surface area is 110 Å². The summed E-state index contributed by atoms with van der Waals surface area (Å²) in [5.74, 6) is 0.812. The van der Waals surface area contributed by atoms with Crippen LogP contribution in [0.4, 0.5) is 5.69 Å². The Morgan fingerprint density at radius 1 is 1.39 bits per heavy atom. The van der Waals surface area contributed by atoms with Crippen LogP contribution < -0.4 is 10.2 Å². The molecule has 98 valence electrons. The van der Waals surface area contributed by atoms with Gasteiger partial charge in [0.1, 0.15) is 0 Å². The summed E-state index contributed by atoms with van der Waals surface area (Å²) in [6, 6.07) is 2.97. The normalized spacial score (nSPS) is 23.9. The van der Waals surface area contributed by atoms with Gasteiger partial charge >= 0.3 is 0 Å². The standard InChI is InChI=1S/C15H23N3/c1-12-9-17-8-6-15(12)18(14-4-5-14)11-13-3-2-7-16-10-13/h6,8-9,13-14,16H,2-5,7,10-11H2,1H3. The molecule has 1 unspecified atom stereocenters. The van der Waals surface area contributed by atoms with Gasteiger partial charge in [-0.1, -0.05) is 0 Å². The smallest absolute Gasteiger partial charge is 0.0429 e. The van der Waals surface area contributed by atoms with E-state index in [1.165, 1.54) is 56.6 Å². The first-order valence-corrected chi connectivity index (χ1v) is 7.22. The molecular formula is C15H23N3. The van der Waals surface area contributed by atoms with Gasteiger partial charge in [-0.25, -0.2) is 0 Å². The zero-order valence-corrected chi connectivity index (χ0v) is 11.2. The van der Waals surface area contributed by atoms with Gasteiger partial charge in [0, 0.05) is 30.7 Å². The van der Waals surface area contributed by atoms with Crippen molar-refractivity contribution >= 4 is 5.69 Å². The molecule has 0 aromatic carbocycles. The minimum absolute atomic E-state index is 0.785. The lowest BCUT2D eigenvalue weighted by Crippen LogP contribution is -2.39. The molecule has 0 spiro atoms. The monoisotopic (exact) mass is 245 g/mol. The Kier molecular flexibility index (Phi) is 3.50. The number of hydrogen-bond donors (Lipinski definition) is 1. The van der Waals surface area contributed by atoms with E-state index < -0.39 is 0 Å². The number of rotatable bonds is 4. The third-order valence-electron chi connectivity index (χ3n) is 4.14. The number of aryl methyl sites for hydroxylation is 1. The molecule has 0 radical (unpaired) electrons. The number of pyridine rings is 1. The molecule has 0 bridgehead atoms. The van der Waals surface area contributed by atoms with Crippen LogP contribution in [0.1, 0.15) is 31.2 Å². The minimum atomic E-state index is 0.785. The zero-order valence-electron chi connectivity index (χ0n) is 11.2. The van der Waals surface area contributed by atoms with Gasteiger partial charge in [-0.2, -0.15) is 0 Å². The van der Waals surface area contributed by atoms with Crippen molar-refractivity contribution in [3.8, 4) is 0 Å². The van der Waals surface area contributed by atoms with Gasteiger partial charge in [-0.05, 0) is 63.2 Å². The summed E-state index contributed by atoms with van der Waals surface area (Å²) in [6.07, 6.45) is 9.35. The molecule has 2 aliphatic rings. The number of hydrogen-bond acceptors (Lipinski definition) is 3. The Bertz CT molecular complexity index is 394. The van der Waals surface area contributed by atoms with E-state index in [0.29, 0.717) is 0 Å². The van der Waals surface area contributed by atoms with E-state index in [2.05, 4.69) is 28.2 Å². The van der Waals surface area contributed by atoms with Crippen molar-refractivity contribution in [2.45, 2.75) is 38.6 Å². The van der Waals surface area contributed by atoms with Gasteiger partial charge in [0.15, 0.2) is 0 Å². The highest BCUT2D eigenvalue weighted by Gasteiger charge is 2.31. The summed E-state index contributed by atoms with van der Waals surface area (Å²) in [4.78, 5) is 6.85. The molecular weight excluding hydrogens is 222 g/mol. The molecule has 1 aliphatic carbocycles. The number of anilines is 1. The summed E-state index contributed by atoms with van der Waals surface area (Å²) < 4.78 is 0. The molecule has 1 saturated heterocycles. The maximum atomic E-state index is 4.21. The van der Waals surface area contributed by atoms with Crippen LogP contribution in [0.2, 0.25) is 0 Å². The largest absolute Gasteiger partial charge is 0.368 e. The van der Waals surface area contributed by atoms with Gasteiger partial charge in [-0.15, -0.1) is 0 Å². The van der Waals surface area contributed by atoms with E-state index >= 15 is 0 Å². The lowest BCUT2D eigenvalue weighted by atomic mass is 9.98. The number of piperidine rings is 1. The van der Waals surface area contributed by atoms with Gasteiger partial charge in [0.2, 0.25) is 0 Å². The van der Waals surface area contributed by atoms with Crippen molar-refractivity contribution in [3.05, 3.63) is 24.0 Å². The third kappa shape index (κ3) is 2.66. The molecule has 1 aromatic heterocycles. The lowest BCUT2D eigenvalue weighted by Gasteiger charge is -2.32. The van der Waals surface area contributed by atoms with Crippen molar-refractivity contribution in [1.82, 2.24) is 10.3 Å². The Morgan fingerprint density at radius 3 is 2.94 bits per heavy atom. The van der Waals surface area contributed by atoms with Gasteiger partial charge in [0.25, 0.3) is 0 Å². The van der Waals surface area contributed by atoms with Crippen LogP contribution in [-0.4, -0.2) is 30.7 Å². The van der Waals surface area contributed by atoms with Crippen molar-refractivity contribution in [2.75, 3.05) is 24.5 Å². The van der Waals surface area contributed by atoms with E-state index in [1.807, 2.05) is 12.4 Å². The fourth-order valence-corrected chi connectivity index (χ4v) is 2.98. The molecule has 2 fully saturated rings. The minimum Gasteiger partial charge on any atom is -0.368 e. The summed E-state index contributed by atoms with van der Waals surface area (Å²) >= 11 is 0. The predicted octanol–water partition coefficient (Wildman–Crippen LogP) is 2.36. The maximum Gasteiger partial charge on any atom is 0.0429 e. The van der Waals surface area contributed by atoms with Gasteiger partial charge in [-0.3, -0.25) is 4.98 Å². The van der Waals surface area contributed by atoms with E-state index in [9.17, 15) is 0 Å². The van der Waals surface area contributed by atoms with Crippen LogP contribution in [0.5, 0.6) is 0 Å². The topological polar surface area (TPSA) is 28.2 Å². The second kappa shape index (κ2) is 5.27. The molecule has 1 aromatic rings. The summed E-state index contributed by atoms with van der Waals surface area (Å²) in [7, 11) is 0. The van der Waals surface area contributed by atoms with Crippen LogP contribution in [0.3, 0.4) is 0 Å². The van der Waals surface area contributed by atoms with Crippen LogP contribution in [0.25, 0.3) is 0 Å². The van der Waals surface area contributed by atoms with E-state index in [1.54, 1.807) is 0 Å². The fraction of sp³-hybridized carbons (Fsp3) is 0.667. The highest BCUT2D eigenvalue weighted by Crippen LogP contribution is 2.34. The lowest BCUT2D eigenvalue weighted by molar-refractivity contribution is 0.376. The molecule has 0 amide bonds. The number of aromatic nitrogens is 1. The molecule has 3 heteroatoms. The average molecular weight is 245 g/mol. The number of nitrogens with zero attached hydrogens (tertiary/aromatic N) is 2. The van der Waals surface area contributed by atoms with E-state index in [0.717, 1.165) is 12.0 Å². The fourth-order valence-electron chi connectivity index (χ4n) is 2.98. The molecule has 3 nitrogen and oxygen atoms in total.